The second kappa shape index (κ2) is 9.94. The van der Waals surface area contributed by atoms with Crippen molar-refractivity contribution < 1.29 is 9.59 Å². The molecule has 0 radical (unpaired) electrons. The molecular weight excluding hydrogens is 386 g/mol. The lowest BCUT2D eigenvalue weighted by Gasteiger charge is -2.34. The Morgan fingerprint density at radius 3 is 1.74 bits per heavy atom. The van der Waals surface area contributed by atoms with E-state index in [0.29, 0.717) is 13.1 Å². The quantitative estimate of drug-likeness (QED) is 0.641. The Bertz CT molecular complexity index is 945. The van der Waals surface area contributed by atoms with Crippen molar-refractivity contribution in [2.24, 2.45) is 0 Å². The van der Waals surface area contributed by atoms with Gasteiger partial charge in [-0.2, -0.15) is 0 Å². The molecule has 0 spiro atoms. The van der Waals surface area contributed by atoms with Crippen LogP contribution in [-0.4, -0.2) is 36.0 Å². The minimum absolute atomic E-state index is 0.0552. The van der Waals surface area contributed by atoms with Gasteiger partial charge in [-0.15, -0.1) is 0 Å². The maximum Gasteiger partial charge on any atom is 0.319 e. The van der Waals surface area contributed by atoms with Crippen LogP contribution in [0.5, 0.6) is 0 Å². The van der Waals surface area contributed by atoms with Crippen molar-refractivity contribution in [2.45, 2.75) is 24.8 Å². The van der Waals surface area contributed by atoms with Gasteiger partial charge in [-0.25, -0.2) is 4.79 Å². The molecule has 0 atom stereocenters. The summed E-state index contributed by atoms with van der Waals surface area (Å²) in [5.74, 6) is -0.196. The summed E-state index contributed by atoms with van der Waals surface area (Å²) in [7, 11) is 0. The molecule has 158 valence electrons. The van der Waals surface area contributed by atoms with E-state index in [4.69, 9.17) is 0 Å². The van der Waals surface area contributed by atoms with Crippen molar-refractivity contribution in [1.82, 2.24) is 10.2 Å². The van der Waals surface area contributed by atoms with Gasteiger partial charge in [0, 0.05) is 24.8 Å². The highest BCUT2D eigenvalue weighted by Gasteiger charge is 2.30. The molecule has 0 saturated carbocycles. The SMILES string of the molecule is O=C(Nc1ccccc1)NC1CCN(C(=O)C(c2ccccc2)c2ccccc2)CC1. The first kappa shape index (κ1) is 20.7. The fraction of sp³-hybridized carbons (Fsp3) is 0.231. The highest BCUT2D eigenvalue weighted by atomic mass is 16.2. The molecule has 5 heteroatoms. The number of amides is 3. The lowest BCUT2D eigenvalue weighted by atomic mass is 9.89. The number of hydrogen-bond donors (Lipinski definition) is 2. The molecule has 1 aliphatic rings. The van der Waals surface area contributed by atoms with Gasteiger partial charge in [-0.05, 0) is 36.1 Å². The van der Waals surface area contributed by atoms with E-state index >= 15 is 0 Å². The Kier molecular flexibility index (Phi) is 6.62. The van der Waals surface area contributed by atoms with E-state index in [1.54, 1.807) is 0 Å². The third kappa shape index (κ3) is 5.31. The normalized spacial score (nSPS) is 14.3. The van der Waals surface area contributed by atoms with Gasteiger partial charge in [-0.1, -0.05) is 78.9 Å². The fourth-order valence-electron chi connectivity index (χ4n) is 4.07. The summed E-state index contributed by atoms with van der Waals surface area (Å²) in [6.07, 6.45) is 1.48. The third-order valence-corrected chi connectivity index (χ3v) is 5.69. The minimum atomic E-state index is -0.312. The van der Waals surface area contributed by atoms with Crippen LogP contribution in [0, 0.1) is 0 Å². The Morgan fingerprint density at radius 1 is 0.742 bits per heavy atom. The average Bonchev–Trinajstić information content (AvgIpc) is 2.82. The van der Waals surface area contributed by atoms with E-state index in [1.807, 2.05) is 95.9 Å². The number of carbonyl (C=O) groups excluding carboxylic acids is 2. The van der Waals surface area contributed by atoms with Crippen molar-refractivity contribution >= 4 is 17.6 Å². The Morgan fingerprint density at radius 2 is 1.23 bits per heavy atom. The monoisotopic (exact) mass is 413 g/mol. The number of hydrogen-bond acceptors (Lipinski definition) is 2. The van der Waals surface area contributed by atoms with Crippen LogP contribution >= 0.6 is 0 Å². The van der Waals surface area contributed by atoms with Crippen LogP contribution in [0.4, 0.5) is 10.5 Å². The molecule has 3 aromatic rings. The number of benzene rings is 3. The van der Waals surface area contributed by atoms with Crippen molar-refractivity contribution in [1.29, 1.82) is 0 Å². The van der Waals surface area contributed by atoms with Crippen LogP contribution in [0.2, 0.25) is 0 Å². The van der Waals surface area contributed by atoms with Crippen LogP contribution in [0.15, 0.2) is 91.0 Å². The molecule has 1 fully saturated rings. The van der Waals surface area contributed by atoms with E-state index in [1.165, 1.54) is 0 Å². The topological polar surface area (TPSA) is 61.4 Å². The largest absolute Gasteiger partial charge is 0.342 e. The Balaban J connectivity index is 1.38. The number of carbonyl (C=O) groups is 2. The summed E-state index contributed by atoms with van der Waals surface area (Å²) in [6, 6.07) is 29.1. The van der Waals surface area contributed by atoms with Gasteiger partial charge in [0.05, 0.1) is 5.92 Å². The number of nitrogens with zero attached hydrogens (tertiary/aromatic N) is 1. The van der Waals surface area contributed by atoms with E-state index in [0.717, 1.165) is 29.7 Å². The third-order valence-electron chi connectivity index (χ3n) is 5.69. The van der Waals surface area contributed by atoms with Crippen LogP contribution in [0.25, 0.3) is 0 Å². The van der Waals surface area contributed by atoms with Gasteiger partial charge in [0.2, 0.25) is 5.91 Å². The number of para-hydroxylation sites is 1. The minimum Gasteiger partial charge on any atom is -0.342 e. The van der Waals surface area contributed by atoms with Crippen LogP contribution in [0.3, 0.4) is 0 Å². The smallest absolute Gasteiger partial charge is 0.319 e. The summed E-state index contributed by atoms with van der Waals surface area (Å²) >= 11 is 0. The summed E-state index contributed by atoms with van der Waals surface area (Å²) in [5.41, 5.74) is 2.77. The molecule has 0 unspecified atom stereocenters. The zero-order valence-electron chi connectivity index (χ0n) is 17.4. The first-order valence-electron chi connectivity index (χ1n) is 10.7. The zero-order valence-corrected chi connectivity index (χ0v) is 17.4. The van der Waals surface area contributed by atoms with E-state index in [2.05, 4.69) is 10.6 Å². The number of piperidine rings is 1. The lowest BCUT2D eigenvalue weighted by Crippen LogP contribution is -2.48. The number of anilines is 1. The van der Waals surface area contributed by atoms with Gasteiger partial charge in [-0.3, -0.25) is 4.79 Å². The summed E-state index contributed by atoms with van der Waals surface area (Å²) in [4.78, 5) is 27.7. The highest BCUT2D eigenvalue weighted by Crippen LogP contribution is 2.28. The molecule has 31 heavy (non-hydrogen) atoms. The second-order valence-corrected chi connectivity index (χ2v) is 7.82. The average molecular weight is 414 g/mol. The zero-order chi connectivity index (χ0) is 21.5. The van der Waals surface area contributed by atoms with E-state index < -0.39 is 0 Å². The van der Waals surface area contributed by atoms with E-state index in [9.17, 15) is 9.59 Å². The van der Waals surface area contributed by atoms with Crippen molar-refractivity contribution in [3.8, 4) is 0 Å². The van der Waals surface area contributed by atoms with Gasteiger partial charge in [0.15, 0.2) is 0 Å². The molecule has 0 aliphatic carbocycles. The van der Waals surface area contributed by atoms with Gasteiger partial charge >= 0.3 is 6.03 Å². The molecule has 3 amide bonds. The van der Waals surface area contributed by atoms with Gasteiger partial charge < -0.3 is 15.5 Å². The predicted molar refractivity (Wildman–Crippen MR) is 123 cm³/mol. The first-order valence-corrected chi connectivity index (χ1v) is 10.7. The number of likely N-dealkylation sites (tertiary alicyclic amines) is 1. The molecule has 4 rings (SSSR count). The molecule has 1 aliphatic heterocycles. The van der Waals surface area contributed by atoms with Gasteiger partial charge in [0.1, 0.15) is 0 Å². The van der Waals surface area contributed by atoms with Crippen LogP contribution in [-0.2, 0) is 4.79 Å². The fourth-order valence-corrected chi connectivity index (χ4v) is 4.07. The van der Waals surface area contributed by atoms with E-state index in [-0.39, 0.29) is 23.9 Å². The summed E-state index contributed by atoms with van der Waals surface area (Å²) < 4.78 is 0. The van der Waals surface area contributed by atoms with Crippen LogP contribution < -0.4 is 10.6 Å². The van der Waals surface area contributed by atoms with Crippen molar-refractivity contribution in [3.05, 3.63) is 102 Å². The predicted octanol–water partition coefficient (Wildman–Crippen LogP) is 4.63. The second-order valence-electron chi connectivity index (χ2n) is 7.82. The van der Waals surface area contributed by atoms with Crippen LogP contribution in [0.1, 0.15) is 29.9 Å². The molecule has 3 aromatic carbocycles. The Hall–Kier alpha value is -3.60. The first-order chi connectivity index (χ1) is 15.2. The maximum absolute atomic E-state index is 13.5. The Labute approximate surface area is 183 Å². The molecule has 0 bridgehead atoms. The molecular formula is C26H27N3O2. The lowest BCUT2D eigenvalue weighted by molar-refractivity contribution is -0.132. The molecule has 1 saturated heterocycles. The number of rotatable bonds is 5. The molecule has 1 heterocycles. The van der Waals surface area contributed by atoms with Crippen molar-refractivity contribution in [2.75, 3.05) is 18.4 Å². The van der Waals surface area contributed by atoms with Crippen molar-refractivity contribution in [3.63, 3.8) is 0 Å². The summed E-state index contributed by atoms with van der Waals surface area (Å²) in [5, 5.41) is 5.89. The number of urea groups is 1. The molecule has 2 N–H and O–H groups in total. The maximum atomic E-state index is 13.5. The van der Waals surface area contributed by atoms with Gasteiger partial charge in [0.25, 0.3) is 0 Å². The summed E-state index contributed by atoms with van der Waals surface area (Å²) in [6.45, 7) is 1.26. The standard InChI is InChI=1S/C26H27N3O2/c30-25(24(20-10-4-1-5-11-20)21-12-6-2-7-13-21)29-18-16-23(17-19-29)28-26(31)27-22-14-8-3-9-15-22/h1-15,23-24H,16-19H2,(H2,27,28,31). The number of nitrogens with one attached hydrogen (secondary N) is 2. The molecule has 5 nitrogen and oxygen atoms in total. The molecule has 0 aromatic heterocycles. The highest BCUT2D eigenvalue weighted by molar-refractivity contribution is 5.89.